The highest BCUT2D eigenvalue weighted by Gasteiger charge is 2.29. The lowest BCUT2D eigenvalue weighted by atomic mass is 9.89. The number of hydrogen-bond donors (Lipinski definition) is 2. The molecule has 4 aromatic rings. The van der Waals surface area contributed by atoms with Crippen molar-refractivity contribution in [2.45, 2.75) is 17.9 Å². The summed E-state index contributed by atoms with van der Waals surface area (Å²) in [6, 6.07) is 16.4. The van der Waals surface area contributed by atoms with Crippen LogP contribution in [0.15, 0.2) is 64.7 Å². The Morgan fingerprint density at radius 1 is 0.949 bits per heavy atom. The molecular formula is C28H28ClN5O4S. The van der Waals surface area contributed by atoms with E-state index in [2.05, 4.69) is 20.0 Å². The van der Waals surface area contributed by atoms with Crippen molar-refractivity contribution in [2.24, 2.45) is 5.18 Å². The number of sulfonamides is 1. The van der Waals surface area contributed by atoms with Crippen LogP contribution in [0.4, 0.5) is 11.4 Å². The van der Waals surface area contributed by atoms with E-state index < -0.39 is 10.0 Å². The smallest absolute Gasteiger partial charge is 0.243 e. The molecule has 0 amide bonds. The lowest BCUT2D eigenvalue weighted by Gasteiger charge is -2.35. The molecular weight excluding hydrogens is 538 g/mol. The molecule has 2 aliphatic heterocycles. The molecule has 3 heterocycles. The molecule has 2 aliphatic rings. The van der Waals surface area contributed by atoms with Crippen molar-refractivity contribution in [1.29, 1.82) is 0 Å². The van der Waals surface area contributed by atoms with Gasteiger partial charge < -0.3 is 19.9 Å². The number of nitrogens with one attached hydrogen (secondary N) is 1. The minimum atomic E-state index is -3.66. The third-order valence-electron chi connectivity index (χ3n) is 7.77. The van der Waals surface area contributed by atoms with Crippen LogP contribution in [0.5, 0.6) is 5.88 Å². The van der Waals surface area contributed by atoms with Crippen LogP contribution in [0.1, 0.15) is 11.1 Å². The predicted molar refractivity (Wildman–Crippen MR) is 153 cm³/mol. The number of aromatic nitrogens is 1. The highest BCUT2D eigenvalue weighted by atomic mass is 35.5. The number of rotatable bonds is 5. The Morgan fingerprint density at radius 2 is 1.64 bits per heavy atom. The average Bonchev–Trinajstić information content (AvgIpc) is 3.28. The van der Waals surface area contributed by atoms with Crippen LogP contribution < -0.4 is 4.90 Å². The maximum atomic E-state index is 13.5. The summed E-state index contributed by atoms with van der Waals surface area (Å²) in [4.78, 5) is 19.0. The first-order chi connectivity index (χ1) is 18.8. The van der Waals surface area contributed by atoms with Crippen LogP contribution in [-0.4, -0.2) is 67.5 Å². The Balaban J connectivity index is 1.28. The van der Waals surface area contributed by atoms with Crippen molar-refractivity contribution in [3.63, 3.8) is 0 Å². The SMILES string of the molecule is CN1CCc2c(-c3ccc(S(=O)(=O)N4CCN(c5ccc(Cl)cc5)CC4)cc3)cc3c(N=O)c(O)[nH]c3c2C1. The molecule has 0 aliphatic carbocycles. The fourth-order valence-electron chi connectivity index (χ4n) is 5.67. The van der Waals surface area contributed by atoms with Gasteiger partial charge in [0.1, 0.15) is 0 Å². The number of halogens is 1. The molecule has 1 saturated heterocycles. The average molecular weight is 566 g/mol. The summed E-state index contributed by atoms with van der Waals surface area (Å²) in [7, 11) is -1.63. The van der Waals surface area contributed by atoms with Crippen LogP contribution in [0.2, 0.25) is 5.02 Å². The van der Waals surface area contributed by atoms with Gasteiger partial charge in [0.2, 0.25) is 15.9 Å². The second kappa shape index (κ2) is 9.95. The van der Waals surface area contributed by atoms with Crippen molar-refractivity contribution in [3.05, 3.63) is 75.7 Å². The van der Waals surface area contributed by atoms with Crippen molar-refractivity contribution in [1.82, 2.24) is 14.2 Å². The number of H-pyrrole nitrogens is 1. The summed E-state index contributed by atoms with van der Waals surface area (Å²) in [5.41, 5.74) is 5.61. The zero-order chi connectivity index (χ0) is 27.3. The fraction of sp³-hybridized carbons (Fsp3) is 0.286. The predicted octanol–water partition coefficient (Wildman–Crippen LogP) is 5.09. The lowest BCUT2D eigenvalue weighted by molar-refractivity contribution is 0.314. The van der Waals surface area contributed by atoms with Gasteiger partial charge in [-0.3, -0.25) is 0 Å². The quantitative estimate of drug-likeness (QED) is 0.326. The van der Waals surface area contributed by atoms with E-state index in [9.17, 15) is 18.4 Å². The van der Waals surface area contributed by atoms with E-state index in [1.165, 1.54) is 4.31 Å². The molecule has 39 heavy (non-hydrogen) atoms. The first-order valence-corrected chi connectivity index (χ1v) is 14.6. The van der Waals surface area contributed by atoms with Crippen molar-refractivity contribution < 1.29 is 13.5 Å². The molecule has 0 bridgehead atoms. The number of aromatic amines is 1. The van der Waals surface area contributed by atoms with E-state index in [-0.39, 0.29) is 16.5 Å². The number of nitrogens with zero attached hydrogens (tertiary/aromatic N) is 4. The molecule has 11 heteroatoms. The van der Waals surface area contributed by atoms with E-state index in [0.717, 1.165) is 40.9 Å². The third-order valence-corrected chi connectivity index (χ3v) is 9.93. The summed E-state index contributed by atoms with van der Waals surface area (Å²) >= 11 is 6.00. The van der Waals surface area contributed by atoms with E-state index in [1.807, 2.05) is 49.5 Å². The third kappa shape index (κ3) is 4.57. The second-order valence-corrected chi connectivity index (χ2v) is 12.5. The van der Waals surface area contributed by atoms with Gasteiger partial charge in [0.25, 0.3) is 0 Å². The first kappa shape index (κ1) is 25.8. The van der Waals surface area contributed by atoms with Gasteiger partial charge in [-0.2, -0.15) is 4.31 Å². The molecule has 0 saturated carbocycles. The normalized spacial score (nSPS) is 16.9. The van der Waals surface area contributed by atoms with Crippen molar-refractivity contribution >= 4 is 43.9 Å². The number of aromatic hydroxyl groups is 1. The molecule has 1 aromatic heterocycles. The molecule has 1 fully saturated rings. The van der Waals surface area contributed by atoms with Gasteiger partial charge in [-0.05, 0) is 83.4 Å². The van der Waals surface area contributed by atoms with Gasteiger partial charge >= 0.3 is 0 Å². The number of nitroso groups, excluding NO2 is 1. The van der Waals surface area contributed by atoms with Gasteiger partial charge in [0.05, 0.1) is 10.4 Å². The maximum absolute atomic E-state index is 13.5. The Morgan fingerprint density at radius 3 is 2.31 bits per heavy atom. The summed E-state index contributed by atoms with van der Waals surface area (Å²) in [6.07, 6.45) is 0.790. The molecule has 6 rings (SSSR count). The Kier molecular flexibility index (Phi) is 6.58. The van der Waals surface area contributed by atoms with Crippen LogP contribution in [0, 0.1) is 4.91 Å². The number of anilines is 1. The lowest BCUT2D eigenvalue weighted by Crippen LogP contribution is -2.48. The number of likely N-dealkylation sites (N-methyl/N-ethyl adjacent to an activating group) is 1. The highest BCUT2D eigenvalue weighted by Crippen LogP contribution is 2.43. The maximum Gasteiger partial charge on any atom is 0.243 e. The monoisotopic (exact) mass is 565 g/mol. The zero-order valence-electron chi connectivity index (χ0n) is 21.4. The molecule has 0 unspecified atom stereocenters. The van der Waals surface area contributed by atoms with E-state index in [0.29, 0.717) is 48.6 Å². The highest BCUT2D eigenvalue weighted by molar-refractivity contribution is 7.89. The van der Waals surface area contributed by atoms with Crippen LogP contribution in [0.25, 0.3) is 22.0 Å². The van der Waals surface area contributed by atoms with Crippen LogP contribution >= 0.6 is 11.6 Å². The Hall–Kier alpha value is -3.44. The van der Waals surface area contributed by atoms with Crippen LogP contribution in [0.3, 0.4) is 0 Å². The van der Waals surface area contributed by atoms with Gasteiger partial charge in [0.15, 0.2) is 5.69 Å². The molecule has 202 valence electrons. The topological polar surface area (TPSA) is 109 Å². The standard InChI is InChI=1S/C28H28ClN5O4S/c1-32-11-10-22-23(16-24-26(25(22)17-32)30-28(35)27(24)31-36)18-2-8-21(9-3-18)39(37,38)34-14-12-33(13-15-34)20-6-4-19(29)5-7-20/h2-9,16,30,35H,10-15,17H2,1H3. The van der Waals surface area contributed by atoms with E-state index >= 15 is 0 Å². The summed E-state index contributed by atoms with van der Waals surface area (Å²) in [5, 5.41) is 14.5. The minimum Gasteiger partial charge on any atom is -0.493 e. The van der Waals surface area contributed by atoms with Gasteiger partial charge in [-0.25, -0.2) is 8.42 Å². The Labute approximate surface area is 231 Å². The van der Waals surface area contributed by atoms with Gasteiger partial charge in [-0.1, -0.05) is 23.7 Å². The van der Waals surface area contributed by atoms with Gasteiger partial charge in [-0.15, -0.1) is 4.91 Å². The first-order valence-electron chi connectivity index (χ1n) is 12.8. The molecule has 0 spiro atoms. The number of fused-ring (bicyclic) bond motifs is 3. The summed E-state index contributed by atoms with van der Waals surface area (Å²) in [6.45, 7) is 3.50. The van der Waals surface area contributed by atoms with E-state index in [1.54, 1.807) is 12.1 Å². The number of benzene rings is 3. The molecule has 0 radical (unpaired) electrons. The molecule has 0 atom stereocenters. The van der Waals surface area contributed by atoms with Crippen LogP contribution in [-0.2, 0) is 23.0 Å². The largest absolute Gasteiger partial charge is 0.493 e. The van der Waals surface area contributed by atoms with E-state index in [4.69, 9.17) is 11.6 Å². The Bertz CT molecular complexity index is 1660. The molecule has 3 aromatic carbocycles. The summed E-state index contributed by atoms with van der Waals surface area (Å²) < 4.78 is 28.4. The number of hydrogen-bond acceptors (Lipinski definition) is 7. The molecule has 2 N–H and O–H groups in total. The van der Waals surface area contributed by atoms with Gasteiger partial charge in [0, 0.05) is 55.4 Å². The molecule has 9 nitrogen and oxygen atoms in total. The zero-order valence-corrected chi connectivity index (χ0v) is 23.0. The number of piperazine rings is 1. The summed E-state index contributed by atoms with van der Waals surface area (Å²) in [5.74, 6) is -0.245. The van der Waals surface area contributed by atoms with Crippen molar-refractivity contribution in [2.75, 3.05) is 44.7 Å². The minimum absolute atomic E-state index is 0.0146. The van der Waals surface area contributed by atoms with Crippen molar-refractivity contribution in [3.8, 4) is 17.0 Å². The fourth-order valence-corrected chi connectivity index (χ4v) is 7.22. The second-order valence-electron chi connectivity index (χ2n) is 10.1.